The Hall–Kier alpha value is -2.34. The minimum atomic E-state index is -0.584. The SMILES string of the molecule is CCc1nn(C)c(CC)c1CNC(=O)N[C@@H]1c2ccccc2C[C@@H]1O. The van der Waals surface area contributed by atoms with Crippen molar-refractivity contribution < 1.29 is 9.90 Å². The van der Waals surface area contributed by atoms with E-state index in [1.54, 1.807) is 0 Å². The number of fused-ring (bicyclic) bond motifs is 1. The molecule has 6 heteroatoms. The Morgan fingerprint density at radius 1 is 1.32 bits per heavy atom. The van der Waals surface area contributed by atoms with Crippen LogP contribution in [-0.2, 0) is 32.9 Å². The van der Waals surface area contributed by atoms with E-state index < -0.39 is 6.10 Å². The molecular weight excluding hydrogens is 316 g/mol. The summed E-state index contributed by atoms with van der Waals surface area (Å²) in [4.78, 5) is 12.4. The molecule has 0 unspecified atom stereocenters. The molecular formula is C19H26N4O2. The second kappa shape index (κ2) is 7.27. The molecule has 1 aliphatic carbocycles. The van der Waals surface area contributed by atoms with Gasteiger partial charge in [0, 0.05) is 31.3 Å². The number of nitrogens with one attached hydrogen (secondary N) is 2. The van der Waals surface area contributed by atoms with Gasteiger partial charge in [0.05, 0.1) is 17.8 Å². The average molecular weight is 342 g/mol. The first-order chi connectivity index (χ1) is 12.0. The molecule has 1 aliphatic rings. The van der Waals surface area contributed by atoms with Crippen LogP contribution in [0, 0.1) is 0 Å². The van der Waals surface area contributed by atoms with E-state index in [-0.39, 0.29) is 12.1 Å². The number of hydrogen-bond donors (Lipinski definition) is 3. The highest BCUT2D eigenvalue weighted by atomic mass is 16.3. The second-order valence-corrected chi connectivity index (χ2v) is 6.48. The number of amides is 2. The van der Waals surface area contributed by atoms with Crippen LogP contribution in [0.25, 0.3) is 0 Å². The van der Waals surface area contributed by atoms with Gasteiger partial charge >= 0.3 is 6.03 Å². The van der Waals surface area contributed by atoms with Crippen molar-refractivity contribution in [3.63, 3.8) is 0 Å². The zero-order valence-corrected chi connectivity index (χ0v) is 15.0. The molecule has 6 nitrogen and oxygen atoms in total. The number of nitrogens with zero attached hydrogens (tertiary/aromatic N) is 2. The zero-order valence-electron chi connectivity index (χ0n) is 15.0. The van der Waals surface area contributed by atoms with Crippen molar-refractivity contribution in [3.8, 4) is 0 Å². The van der Waals surface area contributed by atoms with Gasteiger partial charge in [0.25, 0.3) is 0 Å². The molecule has 3 rings (SSSR count). The molecule has 0 radical (unpaired) electrons. The van der Waals surface area contributed by atoms with Crippen LogP contribution in [0.3, 0.4) is 0 Å². The number of rotatable bonds is 5. The molecule has 1 heterocycles. The first-order valence-electron chi connectivity index (χ1n) is 8.89. The maximum atomic E-state index is 12.4. The number of urea groups is 1. The van der Waals surface area contributed by atoms with Crippen LogP contribution < -0.4 is 10.6 Å². The highest BCUT2D eigenvalue weighted by molar-refractivity contribution is 5.75. The van der Waals surface area contributed by atoms with Gasteiger partial charge in [-0.2, -0.15) is 5.10 Å². The van der Waals surface area contributed by atoms with Crippen LogP contribution >= 0.6 is 0 Å². The number of aryl methyl sites for hydroxylation is 2. The maximum Gasteiger partial charge on any atom is 0.315 e. The van der Waals surface area contributed by atoms with E-state index in [1.807, 2.05) is 36.0 Å². The number of aliphatic hydroxyl groups is 1. The predicted molar refractivity (Wildman–Crippen MR) is 96.2 cm³/mol. The standard InChI is InChI=1S/C19H26N4O2/c1-4-15-14(16(5-2)23(3)22-15)11-20-19(25)21-18-13-9-7-6-8-12(13)10-17(18)24/h6-9,17-18,24H,4-5,10-11H2,1-3H3,(H2,20,21,25)/t17-,18+/m0/s1. The van der Waals surface area contributed by atoms with E-state index in [9.17, 15) is 9.90 Å². The summed E-state index contributed by atoms with van der Waals surface area (Å²) < 4.78 is 1.89. The Kier molecular flexibility index (Phi) is 5.08. The normalized spacial score (nSPS) is 18.9. The van der Waals surface area contributed by atoms with Crippen molar-refractivity contribution in [1.82, 2.24) is 20.4 Å². The van der Waals surface area contributed by atoms with Crippen molar-refractivity contribution in [2.45, 2.75) is 51.8 Å². The number of carbonyl (C=O) groups is 1. The maximum absolute atomic E-state index is 12.4. The molecule has 2 amide bonds. The predicted octanol–water partition coefficient (Wildman–Crippen LogP) is 2.00. The number of aliphatic hydroxyl groups excluding tert-OH is 1. The summed E-state index contributed by atoms with van der Waals surface area (Å²) in [6, 6.07) is 7.21. The van der Waals surface area contributed by atoms with Crippen molar-refractivity contribution in [2.75, 3.05) is 0 Å². The second-order valence-electron chi connectivity index (χ2n) is 6.48. The van der Waals surface area contributed by atoms with Gasteiger partial charge in [-0.15, -0.1) is 0 Å². The lowest BCUT2D eigenvalue weighted by Gasteiger charge is -2.18. The van der Waals surface area contributed by atoms with Crippen molar-refractivity contribution >= 4 is 6.03 Å². The third-order valence-electron chi connectivity index (χ3n) is 4.94. The van der Waals surface area contributed by atoms with Gasteiger partial charge < -0.3 is 15.7 Å². The minimum absolute atomic E-state index is 0.270. The van der Waals surface area contributed by atoms with Crippen molar-refractivity contribution in [2.24, 2.45) is 7.05 Å². The van der Waals surface area contributed by atoms with E-state index in [1.165, 1.54) is 0 Å². The molecule has 134 valence electrons. The summed E-state index contributed by atoms with van der Waals surface area (Å²) in [5, 5.41) is 20.6. The summed E-state index contributed by atoms with van der Waals surface area (Å²) in [5.74, 6) is 0. The topological polar surface area (TPSA) is 79.2 Å². The van der Waals surface area contributed by atoms with Crippen LogP contribution in [0.5, 0.6) is 0 Å². The van der Waals surface area contributed by atoms with Gasteiger partial charge in [-0.1, -0.05) is 38.1 Å². The Morgan fingerprint density at radius 2 is 2.08 bits per heavy atom. The summed E-state index contributed by atoms with van der Waals surface area (Å²) in [7, 11) is 1.94. The van der Waals surface area contributed by atoms with Gasteiger partial charge in [-0.3, -0.25) is 4.68 Å². The number of aromatic nitrogens is 2. The molecule has 25 heavy (non-hydrogen) atoms. The van der Waals surface area contributed by atoms with E-state index in [4.69, 9.17) is 0 Å². The third kappa shape index (κ3) is 3.39. The summed E-state index contributed by atoms with van der Waals surface area (Å²) in [6.07, 6.45) is 1.70. The smallest absolute Gasteiger partial charge is 0.315 e. The Labute approximate surface area is 148 Å². The molecule has 0 saturated heterocycles. The molecule has 0 aliphatic heterocycles. The highest BCUT2D eigenvalue weighted by Crippen LogP contribution is 2.31. The number of hydrogen-bond acceptors (Lipinski definition) is 3. The average Bonchev–Trinajstić information content (AvgIpc) is 3.09. The van der Waals surface area contributed by atoms with Crippen LogP contribution in [0.2, 0.25) is 0 Å². The minimum Gasteiger partial charge on any atom is -0.390 e. The van der Waals surface area contributed by atoms with Crippen LogP contribution in [0.4, 0.5) is 4.79 Å². The molecule has 0 spiro atoms. The third-order valence-corrected chi connectivity index (χ3v) is 4.94. The number of carbonyl (C=O) groups excluding carboxylic acids is 1. The number of benzene rings is 1. The monoisotopic (exact) mass is 342 g/mol. The van der Waals surface area contributed by atoms with Crippen molar-refractivity contribution in [1.29, 1.82) is 0 Å². The largest absolute Gasteiger partial charge is 0.390 e. The molecule has 0 fully saturated rings. The van der Waals surface area contributed by atoms with Crippen LogP contribution in [0.1, 0.15) is 48.0 Å². The van der Waals surface area contributed by atoms with Crippen molar-refractivity contribution in [3.05, 3.63) is 52.3 Å². The Bertz CT molecular complexity index is 769. The summed E-state index contributed by atoms with van der Waals surface area (Å²) in [5.41, 5.74) is 5.34. The lowest BCUT2D eigenvalue weighted by Crippen LogP contribution is -2.40. The fourth-order valence-corrected chi connectivity index (χ4v) is 3.70. The molecule has 0 saturated carbocycles. The first-order valence-corrected chi connectivity index (χ1v) is 8.89. The molecule has 3 N–H and O–H groups in total. The van der Waals surface area contributed by atoms with Gasteiger partial charge in [0.1, 0.15) is 0 Å². The van der Waals surface area contributed by atoms with Crippen LogP contribution in [-0.4, -0.2) is 27.0 Å². The summed E-state index contributed by atoms with van der Waals surface area (Å²) >= 11 is 0. The first kappa shape index (κ1) is 17.5. The van der Waals surface area contributed by atoms with Gasteiger partial charge in [-0.05, 0) is 24.0 Å². The van der Waals surface area contributed by atoms with Gasteiger partial charge in [0.2, 0.25) is 0 Å². The van der Waals surface area contributed by atoms with E-state index >= 15 is 0 Å². The molecule has 1 aromatic heterocycles. The molecule has 1 aromatic carbocycles. The molecule has 2 aromatic rings. The van der Waals surface area contributed by atoms with E-state index in [2.05, 4.69) is 29.6 Å². The lowest BCUT2D eigenvalue weighted by atomic mass is 10.1. The van der Waals surface area contributed by atoms with E-state index in [0.717, 1.165) is 40.9 Å². The van der Waals surface area contributed by atoms with Gasteiger partial charge in [0.15, 0.2) is 0 Å². The van der Waals surface area contributed by atoms with Gasteiger partial charge in [-0.25, -0.2) is 4.79 Å². The molecule has 0 bridgehead atoms. The molecule has 2 atom stereocenters. The fraction of sp³-hybridized carbons (Fsp3) is 0.474. The Balaban J connectivity index is 1.66. The Morgan fingerprint density at radius 3 is 2.80 bits per heavy atom. The highest BCUT2D eigenvalue weighted by Gasteiger charge is 2.31. The van der Waals surface area contributed by atoms with Crippen LogP contribution in [0.15, 0.2) is 24.3 Å². The zero-order chi connectivity index (χ0) is 18.0. The lowest BCUT2D eigenvalue weighted by molar-refractivity contribution is 0.142. The van der Waals surface area contributed by atoms with E-state index in [0.29, 0.717) is 13.0 Å². The quantitative estimate of drug-likeness (QED) is 0.778. The fourth-order valence-electron chi connectivity index (χ4n) is 3.70. The summed E-state index contributed by atoms with van der Waals surface area (Å²) in [6.45, 7) is 4.60.